The third-order valence-electron chi connectivity index (χ3n) is 17.8. The number of thiophene rings is 6. The highest BCUT2D eigenvalue weighted by Crippen LogP contribution is 2.54. The first-order valence-corrected chi connectivity index (χ1v) is 40.3. The number of aryl methyl sites for hydroxylation is 2. The Labute approximate surface area is 537 Å². The lowest BCUT2D eigenvalue weighted by Crippen LogP contribution is -2.05. The summed E-state index contributed by atoms with van der Waals surface area (Å²) < 4.78 is 4.60. The van der Waals surface area contributed by atoms with Gasteiger partial charge in [0, 0.05) is 60.7 Å². The van der Waals surface area contributed by atoms with Crippen LogP contribution in [0.3, 0.4) is 0 Å². The van der Waals surface area contributed by atoms with Crippen molar-refractivity contribution < 1.29 is 0 Å². The molecule has 0 aliphatic carbocycles. The fraction of sp³-hybridized carbons (Fsp3) is 0.676. The molecule has 83 heavy (non-hydrogen) atoms. The summed E-state index contributed by atoms with van der Waals surface area (Å²) in [5.41, 5.74) is 4.23. The molecule has 6 aromatic rings. The minimum atomic E-state index is 0.727. The van der Waals surface area contributed by atoms with Gasteiger partial charge in [0.15, 0.2) is 0 Å². The first-order chi connectivity index (χ1) is 40.9. The molecule has 0 bridgehead atoms. The van der Waals surface area contributed by atoms with Crippen molar-refractivity contribution in [3.8, 4) is 48.8 Å². The summed E-state index contributed by atoms with van der Waals surface area (Å²) >= 11 is 13.5. The Hall–Kier alpha value is -1.85. The summed E-state index contributed by atoms with van der Waals surface area (Å²) in [5.74, 6) is 1.52. The summed E-state index contributed by atoms with van der Waals surface area (Å²) in [6.45, 7) is 13.9. The van der Waals surface area contributed by atoms with Gasteiger partial charge in [0.1, 0.15) is 5.69 Å². The zero-order valence-corrected chi connectivity index (χ0v) is 58.9. The number of hydrogen-bond acceptors (Lipinski definition) is 9. The second-order valence-corrected chi connectivity index (χ2v) is 32.8. The fourth-order valence-electron chi connectivity index (χ4n) is 12.9. The molecule has 0 radical (unpaired) electrons. The van der Waals surface area contributed by atoms with Crippen molar-refractivity contribution in [1.29, 1.82) is 0 Å². The van der Waals surface area contributed by atoms with Crippen molar-refractivity contribution in [2.75, 3.05) is 0 Å². The van der Waals surface area contributed by atoms with E-state index < -0.39 is 0 Å². The van der Waals surface area contributed by atoms with Gasteiger partial charge in [0.05, 0.1) is 14.6 Å². The number of fused-ring (bicyclic) bond motifs is 3. The van der Waals surface area contributed by atoms with Gasteiger partial charge in [0.2, 0.25) is 0 Å². The normalized spacial score (nSPS) is 13.1. The molecule has 6 aromatic heterocycles. The van der Waals surface area contributed by atoms with Crippen LogP contribution in [0.25, 0.3) is 48.8 Å². The van der Waals surface area contributed by atoms with Crippen LogP contribution in [0.4, 0.5) is 5.69 Å². The second-order valence-electron chi connectivity index (χ2n) is 25.3. The van der Waals surface area contributed by atoms with Gasteiger partial charge in [-0.3, -0.25) is 0 Å². The predicted molar refractivity (Wildman–Crippen MR) is 382 cm³/mol. The molecule has 2 atom stereocenters. The molecular formula is C74H112N2S7. The third kappa shape index (κ3) is 24.2. The first-order valence-electron chi connectivity index (χ1n) is 34.6. The molecule has 7 heterocycles. The average molecular weight is 1250 g/mol. The molecule has 1 aliphatic heterocycles. The molecule has 0 fully saturated rings. The van der Waals surface area contributed by atoms with Gasteiger partial charge in [0.25, 0.3) is 0 Å². The second kappa shape index (κ2) is 40.6. The molecule has 0 amide bonds. The summed E-state index contributed by atoms with van der Waals surface area (Å²) in [6, 6.07) is 19.7. The zero-order chi connectivity index (χ0) is 58.1. The molecular weight excluding hydrogens is 1140 g/mol. The van der Waals surface area contributed by atoms with Crippen LogP contribution >= 0.6 is 80.0 Å². The van der Waals surface area contributed by atoms with Crippen LogP contribution in [0, 0.1) is 25.7 Å². The summed E-state index contributed by atoms with van der Waals surface area (Å²) in [6.07, 6.45) is 58.6. The van der Waals surface area contributed by atoms with E-state index in [1.165, 1.54) is 340 Å². The van der Waals surface area contributed by atoms with Crippen LogP contribution in [0.2, 0.25) is 0 Å². The van der Waals surface area contributed by atoms with Gasteiger partial charge >= 0.3 is 0 Å². The minimum absolute atomic E-state index is 0.727. The lowest BCUT2D eigenvalue weighted by molar-refractivity contribution is 0.400. The molecule has 0 saturated carbocycles. The van der Waals surface area contributed by atoms with E-state index >= 15 is 0 Å². The van der Waals surface area contributed by atoms with Crippen molar-refractivity contribution in [2.45, 2.75) is 316 Å². The van der Waals surface area contributed by atoms with Crippen molar-refractivity contribution in [3.63, 3.8) is 0 Å². The van der Waals surface area contributed by atoms with Crippen LogP contribution in [0.1, 0.15) is 305 Å². The van der Waals surface area contributed by atoms with Gasteiger partial charge in [-0.15, -0.1) is 77.7 Å². The Balaban J connectivity index is 1.08. The molecule has 7 rings (SSSR count). The molecule has 0 saturated heterocycles. The molecule has 1 aliphatic rings. The van der Waals surface area contributed by atoms with Crippen LogP contribution in [-0.4, -0.2) is 0 Å². The van der Waals surface area contributed by atoms with E-state index in [1.54, 1.807) is 16.0 Å². The van der Waals surface area contributed by atoms with E-state index in [-0.39, 0.29) is 0 Å². The summed E-state index contributed by atoms with van der Waals surface area (Å²) in [5, 5.41) is 4.79. The van der Waals surface area contributed by atoms with Gasteiger partial charge in [-0.25, -0.2) is 0 Å². The van der Waals surface area contributed by atoms with Crippen LogP contribution in [0.5, 0.6) is 0 Å². The van der Waals surface area contributed by atoms with Gasteiger partial charge < -0.3 is 0 Å². The van der Waals surface area contributed by atoms with Crippen molar-refractivity contribution in [2.24, 2.45) is 21.5 Å². The van der Waals surface area contributed by atoms with Gasteiger partial charge in [-0.1, -0.05) is 285 Å². The van der Waals surface area contributed by atoms with E-state index in [1.807, 2.05) is 56.7 Å². The summed E-state index contributed by atoms with van der Waals surface area (Å²) in [4.78, 5) is 18.2. The molecule has 2 nitrogen and oxygen atoms in total. The zero-order valence-electron chi connectivity index (χ0n) is 53.2. The van der Waals surface area contributed by atoms with Gasteiger partial charge in [-0.2, -0.15) is 0 Å². The van der Waals surface area contributed by atoms with E-state index in [0.717, 1.165) is 17.5 Å². The first kappa shape index (κ1) is 68.6. The quantitative estimate of drug-likeness (QED) is 0.0276. The highest BCUT2D eigenvalue weighted by molar-refractivity contribution is 7.98. The topological polar surface area (TPSA) is 24.7 Å². The van der Waals surface area contributed by atoms with Crippen LogP contribution in [-0.2, 0) is 12.8 Å². The Kier molecular flexibility index (Phi) is 33.6. The Morgan fingerprint density at radius 1 is 0.313 bits per heavy atom. The Morgan fingerprint density at radius 2 is 0.651 bits per heavy atom. The highest BCUT2D eigenvalue weighted by atomic mass is 32.2. The molecule has 2 unspecified atom stereocenters. The average Bonchev–Trinajstić information content (AvgIpc) is 4.57. The summed E-state index contributed by atoms with van der Waals surface area (Å²) in [7, 11) is 0. The van der Waals surface area contributed by atoms with E-state index in [0.29, 0.717) is 0 Å². The molecule has 0 spiro atoms. The van der Waals surface area contributed by atoms with Crippen LogP contribution in [0.15, 0.2) is 63.1 Å². The monoisotopic (exact) mass is 1250 g/mol. The maximum Gasteiger partial charge on any atom is 0.106 e. The lowest BCUT2D eigenvalue weighted by Gasteiger charge is -2.17. The standard InChI is InChI=1S/C74H112N2S7/c1-7-11-15-19-23-27-29-33-37-40-44-59(43-39-35-31-25-21-17-13-9-3)53-61-51-57(5)77-71(61)66-49-47-64(79-66)65-48-50-67(80-65)72-62(55-68(81-72)69-56-63-73(82-69)74-70(83-76-75-63)52-58(6)78-74)54-60(45-41-36-32-26-22-18-14-10-4)46-42-38-34-30-28-24-20-16-12-8-2/h47-52,55-56,59-60H,7-46,53-54H2,1-6H3. The number of hydrogen-bond donors (Lipinski definition) is 0. The predicted octanol–water partition coefficient (Wildman–Crippen LogP) is 30.1. The van der Waals surface area contributed by atoms with Gasteiger partial charge in [-0.05, 0) is 98.2 Å². The third-order valence-corrected chi connectivity index (χ3v) is 26.1. The van der Waals surface area contributed by atoms with E-state index in [2.05, 4.69) is 106 Å². The molecule has 0 N–H and O–H groups in total. The molecule has 9 heteroatoms. The number of nitrogens with zero attached hydrogens (tertiary/aromatic N) is 2. The van der Waals surface area contributed by atoms with Crippen molar-refractivity contribution in [1.82, 2.24) is 0 Å². The smallest absolute Gasteiger partial charge is 0.106 e. The van der Waals surface area contributed by atoms with E-state index in [9.17, 15) is 0 Å². The number of unbranched alkanes of at least 4 members (excludes halogenated alkanes) is 32. The van der Waals surface area contributed by atoms with Crippen LogP contribution < -0.4 is 0 Å². The Bertz CT molecular complexity index is 2660. The highest BCUT2D eigenvalue weighted by Gasteiger charge is 2.25. The number of rotatable bonds is 48. The van der Waals surface area contributed by atoms with E-state index in [4.69, 9.17) is 5.11 Å². The fourth-order valence-corrected chi connectivity index (χ4v) is 20.7. The maximum absolute atomic E-state index is 4.79. The largest absolute Gasteiger partial charge is 0.142 e. The lowest BCUT2D eigenvalue weighted by atomic mass is 9.88. The minimum Gasteiger partial charge on any atom is -0.142 e. The SMILES string of the molecule is CCCCCCCCCCCCC(CCCCCCCCCC)Cc1cc(C)sc1-c1ccc(-c2ccc(-c3sc(-c4cc5c(s4)-c4sc(C)cc4SN=N5)cc3CC(CCCCCCCCCC)CCCCCCCCCCCC)s2)s1. The Morgan fingerprint density at radius 3 is 1.08 bits per heavy atom. The van der Waals surface area contributed by atoms with Crippen molar-refractivity contribution in [3.05, 3.63) is 69.4 Å². The molecule has 0 aromatic carbocycles. The maximum atomic E-state index is 4.79. The van der Waals surface area contributed by atoms with Crippen molar-refractivity contribution >= 4 is 85.7 Å². The molecule has 460 valence electrons.